The average Bonchev–Trinajstić information content (AvgIpc) is 2.47. The van der Waals surface area contributed by atoms with Crippen LogP contribution in [0.4, 0.5) is 11.4 Å². The number of rotatable bonds is 5. The van der Waals surface area contributed by atoms with Crippen molar-refractivity contribution >= 4 is 21.5 Å². The summed E-state index contributed by atoms with van der Waals surface area (Å²) < 4.78 is 29.1. The summed E-state index contributed by atoms with van der Waals surface area (Å²) in [4.78, 5) is 19.7. The molecule has 0 N–H and O–H groups in total. The third-order valence-electron chi connectivity index (χ3n) is 2.92. The fourth-order valence-corrected chi connectivity index (χ4v) is 2.69. The molecule has 0 saturated heterocycles. The monoisotopic (exact) mass is 338 g/mol. The number of nitro benzene ring substituents is 2. The van der Waals surface area contributed by atoms with Crippen molar-refractivity contribution in [1.82, 2.24) is 0 Å². The molecule has 0 spiro atoms. The van der Waals surface area contributed by atoms with Crippen molar-refractivity contribution in [2.75, 3.05) is 0 Å². The highest BCUT2D eigenvalue weighted by Gasteiger charge is 2.22. The standard InChI is InChI=1S/C13H10N2O7S/c1-9-2-7-12(8-13(9)15(18)19)23(20,21)22-11-5-3-10(4-6-11)14(16)17/h2-8H,1H3. The van der Waals surface area contributed by atoms with Crippen LogP contribution in [0.15, 0.2) is 47.4 Å². The zero-order chi connectivity index (χ0) is 17.2. The van der Waals surface area contributed by atoms with E-state index in [1.807, 2.05) is 0 Å². The van der Waals surface area contributed by atoms with Crippen LogP contribution in [0.2, 0.25) is 0 Å². The van der Waals surface area contributed by atoms with Crippen molar-refractivity contribution in [2.45, 2.75) is 11.8 Å². The molecule has 0 saturated carbocycles. The van der Waals surface area contributed by atoms with Crippen LogP contribution in [0.3, 0.4) is 0 Å². The van der Waals surface area contributed by atoms with E-state index < -0.39 is 20.0 Å². The molecule has 0 fully saturated rings. The van der Waals surface area contributed by atoms with Gasteiger partial charge in [0.25, 0.3) is 11.4 Å². The summed E-state index contributed by atoms with van der Waals surface area (Å²) in [6, 6.07) is 7.80. The van der Waals surface area contributed by atoms with Crippen molar-refractivity contribution in [3.63, 3.8) is 0 Å². The van der Waals surface area contributed by atoms with Gasteiger partial charge in [0.2, 0.25) is 0 Å². The van der Waals surface area contributed by atoms with E-state index in [4.69, 9.17) is 4.18 Å². The molecule has 0 aliphatic carbocycles. The van der Waals surface area contributed by atoms with Crippen molar-refractivity contribution in [3.8, 4) is 5.75 Å². The molecule has 9 nitrogen and oxygen atoms in total. The topological polar surface area (TPSA) is 130 Å². The number of hydrogen-bond acceptors (Lipinski definition) is 7. The van der Waals surface area contributed by atoms with Crippen LogP contribution in [0.1, 0.15) is 5.56 Å². The van der Waals surface area contributed by atoms with Gasteiger partial charge in [0, 0.05) is 23.8 Å². The third kappa shape index (κ3) is 3.61. The number of non-ortho nitro benzene ring substituents is 1. The van der Waals surface area contributed by atoms with Crippen LogP contribution in [0, 0.1) is 27.2 Å². The highest BCUT2D eigenvalue weighted by atomic mass is 32.2. The summed E-state index contributed by atoms with van der Waals surface area (Å²) in [5.74, 6) is -0.140. The quantitative estimate of drug-likeness (QED) is 0.465. The first kappa shape index (κ1) is 16.4. The van der Waals surface area contributed by atoms with Gasteiger partial charge >= 0.3 is 10.1 Å². The van der Waals surface area contributed by atoms with Gasteiger partial charge in [0.15, 0.2) is 0 Å². The van der Waals surface area contributed by atoms with Crippen LogP contribution >= 0.6 is 0 Å². The van der Waals surface area contributed by atoms with Crippen LogP contribution in [-0.2, 0) is 10.1 Å². The second-order valence-corrected chi connectivity index (χ2v) is 6.04. The SMILES string of the molecule is Cc1ccc(S(=O)(=O)Oc2ccc([N+](=O)[O-])cc2)cc1[N+](=O)[O-]. The molecule has 0 radical (unpaired) electrons. The summed E-state index contributed by atoms with van der Waals surface area (Å²) in [5, 5.41) is 21.4. The molecule has 0 unspecified atom stereocenters. The maximum atomic E-state index is 12.1. The Hall–Kier alpha value is -3.01. The van der Waals surface area contributed by atoms with Gasteiger partial charge in [-0.05, 0) is 25.1 Å². The van der Waals surface area contributed by atoms with E-state index in [9.17, 15) is 28.6 Å². The predicted octanol–water partition coefficient (Wildman–Crippen LogP) is 2.58. The molecule has 0 aromatic heterocycles. The fourth-order valence-electron chi connectivity index (χ4n) is 1.74. The van der Waals surface area contributed by atoms with Crippen LogP contribution in [0.25, 0.3) is 0 Å². The first-order chi connectivity index (χ1) is 10.7. The van der Waals surface area contributed by atoms with E-state index in [-0.39, 0.29) is 22.0 Å². The number of aryl methyl sites for hydroxylation is 1. The number of nitrogens with zero attached hydrogens (tertiary/aromatic N) is 2. The maximum Gasteiger partial charge on any atom is 0.339 e. The van der Waals surface area contributed by atoms with Gasteiger partial charge in [-0.25, -0.2) is 0 Å². The summed E-state index contributed by atoms with van der Waals surface area (Å²) in [6.07, 6.45) is 0. The van der Waals surface area contributed by atoms with E-state index in [0.717, 1.165) is 30.3 Å². The summed E-state index contributed by atoms with van der Waals surface area (Å²) >= 11 is 0. The van der Waals surface area contributed by atoms with Gasteiger partial charge in [-0.2, -0.15) is 8.42 Å². The Bertz CT molecular complexity index is 876. The Morgan fingerprint density at radius 1 is 0.957 bits per heavy atom. The molecule has 0 amide bonds. The molecule has 0 bridgehead atoms. The highest BCUT2D eigenvalue weighted by Crippen LogP contribution is 2.25. The maximum absolute atomic E-state index is 12.1. The Labute approximate surface area is 130 Å². The van der Waals surface area contributed by atoms with Crippen molar-refractivity contribution in [2.24, 2.45) is 0 Å². The molecule has 120 valence electrons. The van der Waals surface area contributed by atoms with E-state index in [1.54, 1.807) is 0 Å². The Morgan fingerprint density at radius 3 is 2.09 bits per heavy atom. The normalized spacial score (nSPS) is 11.0. The van der Waals surface area contributed by atoms with Crippen molar-refractivity contribution < 1.29 is 22.4 Å². The molecule has 0 aliphatic heterocycles. The third-order valence-corrected chi connectivity index (χ3v) is 4.16. The number of benzene rings is 2. The Morgan fingerprint density at radius 2 is 1.57 bits per heavy atom. The number of hydrogen-bond donors (Lipinski definition) is 0. The van der Waals surface area contributed by atoms with Crippen LogP contribution < -0.4 is 4.18 Å². The largest absolute Gasteiger partial charge is 0.379 e. The van der Waals surface area contributed by atoms with E-state index in [1.165, 1.54) is 19.1 Å². The second-order valence-electron chi connectivity index (χ2n) is 4.49. The second kappa shape index (κ2) is 6.01. The van der Waals surface area contributed by atoms with Gasteiger partial charge in [-0.1, -0.05) is 6.07 Å². The lowest BCUT2D eigenvalue weighted by molar-refractivity contribution is -0.385. The summed E-state index contributed by atoms with van der Waals surface area (Å²) in [6.45, 7) is 1.48. The van der Waals surface area contributed by atoms with Gasteiger partial charge in [-0.3, -0.25) is 20.2 Å². The average molecular weight is 338 g/mol. The lowest BCUT2D eigenvalue weighted by atomic mass is 10.2. The van der Waals surface area contributed by atoms with Crippen LogP contribution in [-0.4, -0.2) is 18.3 Å². The van der Waals surface area contributed by atoms with E-state index in [0.29, 0.717) is 5.56 Å². The van der Waals surface area contributed by atoms with Crippen molar-refractivity contribution in [3.05, 3.63) is 68.3 Å². The van der Waals surface area contributed by atoms with E-state index in [2.05, 4.69) is 0 Å². The molecule has 0 atom stereocenters. The van der Waals surface area contributed by atoms with Gasteiger partial charge in [-0.15, -0.1) is 0 Å². The van der Waals surface area contributed by atoms with E-state index >= 15 is 0 Å². The Balaban J connectivity index is 2.33. The molecular formula is C13H10N2O7S. The molecule has 10 heteroatoms. The minimum atomic E-state index is -4.29. The molecular weight excluding hydrogens is 328 g/mol. The van der Waals surface area contributed by atoms with Crippen LogP contribution in [0.5, 0.6) is 5.75 Å². The van der Waals surface area contributed by atoms with Gasteiger partial charge < -0.3 is 4.18 Å². The highest BCUT2D eigenvalue weighted by molar-refractivity contribution is 7.87. The first-order valence-corrected chi connectivity index (χ1v) is 7.55. The lowest BCUT2D eigenvalue weighted by Crippen LogP contribution is -2.10. The number of nitro groups is 2. The molecule has 2 aromatic rings. The molecule has 2 aromatic carbocycles. The summed E-state index contributed by atoms with van der Waals surface area (Å²) in [5.41, 5.74) is -0.261. The van der Waals surface area contributed by atoms with Crippen molar-refractivity contribution in [1.29, 1.82) is 0 Å². The minimum absolute atomic E-state index is 0.140. The molecule has 0 aliphatic rings. The van der Waals surface area contributed by atoms with Gasteiger partial charge in [0.1, 0.15) is 10.6 Å². The zero-order valence-electron chi connectivity index (χ0n) is 11.7. The molecule has 2 rings (SSSR count). The van der Waals surface area contributed by atoms with Gasteiger partial charge in [0.05, 0.1) is 9.85 Å². The minimum Gasteiger partial charge on any atom is -0.379 e. The predicted molar refractivity (Wildman–Crippen MR) is 78.7 cm³/mol. The molecule has 0 heterocycles. The smallest absolute Gasteiger partial charge is 0.339 e. The first-order valence-electron chi connectivity index (χ1n) is 6.15. The summed E-state index contributed by atoms with van der Waals surface area (Å²) in [7, 11) is -4.29. The fraction of sp³-hybridized carbons (Fsp3) is 0.0769. The zero-order valence-corrected chi connectivity index (χ0v) is 12.5. The molecule has 23 heavy (non-hydrogen) atoms. The lowest BCUT2D eigenvalue weighted by Gasteiger charge is -2.07. The Kier molecular flexibility index (Phi) is 4.27.